The number of rotatable bonds is 5. The van der Waals surface area contributed by atoms with Gasteiger partial charge in [-0.2, -0.15) is 0 Å². The SMILES string of the molecule is CC(CC(=O)Nc1cccc(C2SCCCS2)c1)c1ccccc1. The monoisotopic (exact) mass is 357 g/mol. The van der Waals surface area contributed by atoms with Gasteiger partial charge in [0, 0.05) is 12.1 Å². The quantitative estimate of drug-likeness (QED) is 0.745. The highest BCUT2D eigenvalue weighted by atomic mass is 32.2. The van der Waals surface area contributed by atoms with Gasteiger partial charge in [-0.05, 0) is 47.1 Å². The van der Waals surface area contributed by atoms with Gasteiger partial charge in [-0.15, -0.1) is 23.5 Å². The molecule has 2 aromatic carbocycles. The van der Waals surface area contributed by atoms with Crippen LogP contribution in [0, 0.1) is 0 Å². The van der Waals surface area contributed by atoms with Crippen LogP contribution in [-0.4, -0.2) is 17.4 Å². The molecule has 2 aromatic rings. The maximum absolute atomic E-state index is 12.4. The fourth-order valence-electron chi connectivity index (χ4n) is 2.83. The summed E-state index contributed by atoms with van der Waals surface area (Å²) in [6.07, 6.45) is 1.79. The first-order valence-electron chi connectivity index (χ1n) is 8.40. The zero-order valence-electron chi connectivity index (χ0n) is 13.9. The van der Waals surface area contributed by atoms with E-state index in [-0.39, 0.29) is 11.8 Å². The Kier molecular flexibility index (Phi) is 6.27. The van der Waals surface area contributed by atoms with Gasteiger partial charge in [0.1, 0.15) is 0 Å². The van der Waals surface area contributed by atoms with E-state index >= 15 is 0 Å². The molecule has 3 rings (SSSR count). The number of carbonyl (C=O) groups is 1. The highest BCUT2D eigenvalue weighted by Crippen LogP contribution is 2.44. The van der Waals surface area contributed by atoms with Gasteiger partial charge in [-0.25, -0.2) is 0 Å². The summed E-state index contributed by atoms with van der Waals surface area (Å²) in [5, 5.41) is 3.06. The standard InChI is InChI=1S/C20H23NOS2/c1-15(16-7-3-2-4-8-16)13-19(22)21-18-10-5-9-17(14-18)20-23-11-6-12-24-20/h2-5,7-10,14-15,20H,6,11-13H2,1H3,(H,21,22). The van der Waals surface area contributed by atoms with Crippen molar-refractivity contribution in [3.05, 3.63) is 65.7 Å². The fourth-order valence-corrected chi connectivity index (χ4v) is 5.71. The van der Waals surface area contributed by atoms with E-state index in [1.807, 2.05) is 53.9 Å². The molecule has 0 radical (unpaired) electrons. The Morgan fingerprint density at radius 3 is 2.62 bits per heavy atom. The molecule has 2 nitrogen and oxygen atoms in total. The molecule has 1 aliphatic heterocycles. The fraction of sp³-hybridized carbons (Fsp3) is 0.350. The summed E-state index contributed by atoms with van der Waals surface area (Å²) in [5.74, 6) is 2.75. The molecule has 1 saturated heterocycles. The smallest absolute Gasteiger partial charge is 0.224 e. The molecule has 1 aliphatic rings. The summed E-state index contributed by atoms with van der Waals surface area (Å²) in [4.78, 5) is 12.4. The molecular weight excluding hydrogens is 334 g/mol. The lowest BCUT2D eigenvalue weighted by molar-refractivity contribution is -0.116. The van der Waals surface area contributed by atoms with Crippen LogP contribution in [0.4, 0.5) is 5.69 Å². The molecule has 4 heteroatoms. The number of anilines is 1. The lowest BCUT2D eigenvalue weighted by atomic mass is 9.97. The molecule has 1 N–H and O–H groups in total. The predicted molar refractivity (Wildman–Crippen MR) is 107 cm³/mol. The summed E-state index contributed by atoms with van der Waals surface area (Å²) in [6.45, 7) is 2.10. The average molecular weight is 358 g/mol. The zero-order chi connectivity index (χ0) is 16.8. The van der Waals surface area contributed by atoms with E-state index in [4.69, 9.17) is 0 Å². The van der Waals surface area contributed by atoms with Crippen LogP contribution in [0.2, 0.25) is 0 Å². The number of nitrogens with one attached hydrogen (secondary N) is 1. The normalized spacial score (nSPS) is 16.5. The number of carbonyl (C=O) groups excluding carboxylic acids is 1. The Balaban J connectivity index is 1.60. The molecule has 1 unspecified atom stereocenters. The molecule has 1 amide bonds. The number of hydrogen-bond acceptors (Lipinski definition) is 3. The van der Waals surface area contributed by atoms with Crippen molar-refractivity contribution >= 4 is 35.1 Å². The van der Waals surface area contributed by atoms with E-state index < -0.39 is 0 Å². The summed E-state index contributed by atoms with van der Waals surface area (Å²) >= 11 is 4.00. The van der Waals surface area contributed by atoms with Crippen LogP contribution in [0.15, 0.2) is 54.6 Å². The van der Waals surface area contributed by atoms with Crippen LogP contribution in [0.1, 0.15) is 41.4 Å². The summed E-state index contributed by atoms with van der Waals surface area (Å²) in [6, 6.07) is 18.5. The van der Waals surface area contributed by atoms with Gasteiger partial charge in [0.05, 0.1) is 4.58 Å². The molecule has 0 aliphatic carbocycles. The van der Waals surface area contributed by atoms with Crippen molar-refractivity contribution in [1.29, 1.82) is 0 Å². The van der Waals surface area contributed by atoms with Gasteiger partial charge < -0.3 is 5.32 Å². The number of benzene rings is 2. The number of hydrogen-bond donors (Lipinski definition) is 1. The Bertz CT molecular complexity index is 668. The molecule has 24 heavy (non-hydrogen) atoms. The van der Waals surface area contributed by atoms with E-state index in [0.29, 0.717) is 11.0 Å². The van der Waals surface area contributed by atoms with Gasteiger partial charge in [-0.3, -0.25) is 4.79 Å². The van der Waals surface area contributed by atoms with E-state index in [1.54, 1.807) is 0 Å². The second kappa shape index (κ2) is 8.63. The minimum absolute atomic E-state index is 0.0763. The van der Waals surface area contributed by atoms with Gasteiger partial charge in [0.25, 0.3) is 0 Å². The maximum Gasteiger partial charge on any atom is 0.224 e. The lowest BCUT2D eigenvalue weighted by Gasteiger charge is -2.21. The van der Waals surface area contributed by atoms with Crippen molar-refractivity contribution in [2.45, 2.75) is 30.3 Å². The number of amides is 1. The van der Waals surface area contributed by atoms with Crippen LogP contribution < -0.4 is 5.32 Å². The van der Waals surface area contributed by atoms with Gasteiger partial charge in [-0.1, -0.05) is 49.4 Å². The minimum atomic E-state index is 0.0763. The van der Waals surface area contributed by atoms with E-state index in [1.165, 1.54) is 29.1 Å². The third-order valence-corrected chi connectivity index (χ3v) is 7.14. The summed E-state index contributed by atoms with van der Waals surface area (Å²) in [7, 11) is 0. The summed E-state index contributed by atoms with van der Waals surface area (Å²) in [5.41, 5.74) is 3.42. The highest BCUT2D eigenvalue weighted by molar-refractivity contribution is 8.16. The van der Waals surface area contributed by atoms with Crippen LogP contribution in [0.5, 0.6) is 0 Å². The Morgan fingerprint density at radius 1 is 1.12 bits per heavy atom. The van der Waals surface area contributed by atoms with Crippen molar-refractivity contribution in [2.75, 3.05) is 16.8 Å². The van der Waals surface area contributed by atoms with Gasteiger partial charge in [0.2, 0.25) is 5.91 Å². The predicted octanol–water partition coefficient (Wildman–Crippen LogP) is 5.69. The molecule has 1 fully saturated rings. The van der Waals surface area contributed by atoms with Crippen molar-refractivity contribution in [3.8, 4) is 0 Å². The molecule has 1 atom stereocenters. The molecule has 1 heterocycles. The minimum Gasteiger partial charge on any atom is -0.326 e. The van der Waals surface area contributed by atoms with E-state index in [2.05, 4.69) is 36.5 Å². The topological polar surface area (TPSA) is 29.1 Å². The van der Waals surface area contributed by atoms with Crippen LogP contribution in [0.3, 0.4) is 0 Å². The molecule has 0 bridgehead atoms. The van der Waals surface area contributed by atoms with E-state index in [9.17, 15) is 4.79 Å². The molecule has 0 saturated carbocycles. The van der Waals surface area contributed by atoms with Crippen LogP contribution in [-0.2, 0) is 4.79 Å². The zero-order valence-corrected chi connectivity index (χ0v) is 15.5. The average Bonchev–Trinajstić information content (AvgIpc) is 2.63. The lowest BCUT2D eigenvalue weighted by Crippen LogP contribution is -2.14. The largest absolute Gasteiger partial charge is 0.326 e. The summed E-state index contributed by atoms with van der Waals surface area (Å²) < 4.78 is 0.499. The highest BCUT2D eigenvalue weighted by Gasteiger charge is 2.17. The third-order valence-electron chi connectivity index (χ3n) is 4.13. The van der Waals surface area contributed by atoms with Crippen molar-refractivity contribution < 1.29 is 4.79 Å². The molecule has 126 valence electrons. The second-order valence-corrected chi connectivity index (χ2v) is 8.84. The van der Waals surface area contributed by atoms with Gasteiger partial charge >= 0.3 is 0 Å². The van der Waals surface area contributed by atoms with Crippen molar-refractivity contribution in [2.24, 2.45) is 0 Å². The van der Waals surface area contributed by atoms with E-state index in [0.717, 1.165) is 5.69 Å². The molecular formula is C20H23NOS2. The van der Waals surface area contributed by atoms with Crippen LogP contribution >= 0.6 is 23.5 Å². The number of thioether (sulfide) groups is 2. The van der Waals surface area contributed by atoms with Gasteiger partial charge in [0.15, 0.2) is 0 Å². The second-order valence-electron chi connectivity index (χ2n) is 6.12. The first kappa shape index (κ1) is 17.4. The first-order valence-corrected chi connectivity index (χ1v) is 10.5. The molecule has 0 spiro atoms. The van der Waals surface area contributed by atoms with Crippen molar-refractivity contribution in [1.82, 2.24) is 0 Å². The maximum atomic E-state index is 12.4. The molecule has 0 aromatic heterocycles. The Labute approximate surface area is 152 Å². The van der Waals surface area contributed by atoms with Crippen LogP contribution in [0.25, 0.3) is 0 Å². The third kappa shape index (κ3) is 4.81. The van der Waals surface area contributed by atoms with Crippen molar-refractivity contribution in [3.63, 3.8) is 0 Å². The first-order chi connectivity index (χ1) is 11.7. The Morgan fingerprint density at radius 2 is 1.88 bits per heavy atom. The Hall–Kier alpha value is -1.39.